The Morgan fingerprint density at radius 3 is 2.73 bits per heavy atom. The zero-order chi connectivity index (χ0) is 11.5. The predicted molar refractivity (Wildman–Crippen MR) is 56.9 cm³/mol. The number of hydrogen-bond acceptors (Lipinski definition) is 6. The molecule has 1 atom stereocenters. The van der Waals surface area contributed by atoms with Crippen molar-refractivity contribution in [2.24, 2.45) is 0 Å². The lowest BCUT2D eigenvalue weighted by Gasteiger charge is -2.04. The van der Waals surface area contributed by atoms with Crippen molar-refractivity contribution in [2.45, 2.75) is 25.5 Å². The molecule has 0 aliphatic heterocycles. The number of hydrogen-bond donors (Lipinski definition) is 1. The first-order valence-electron chi connectivity index (χ1n) is 4.23. The molecule has 0 amide bonds. The molecule has 1 N–H and O–H groups in total. The second-order valence-electron chi connectivity index (χ2n) is 2.77. The molecule has 1 rings (SSSR count). The van der Waals surface area contributed by atoms with Gasteiger partial charge in [0.15, 0.2) is 5.25 Å². The molecule has 0 aliphatic rings. The molecule has 1 heterocycles. The maximum absolute atomic E-state index is 11.4. The van der Waals surface area contributed by atoms with Gasteiger partial charge < -0.3 is 0 Å². The lowest BCUT2D eigenvalue weighted by molar-refractivity contribution is 0.597. The summed E-state index contributed by atoms with van der Waals surface area (Å²) < 4.78 is 25.1. The Kier molecular flexibility index (Phi) is 3.60. The number of aryl methyl sites for hydroxylation is 1. The summed E-state index contributed by atoms with van der Waals surface area (Å²) >= 11 is 1.17. The van der Waals surface area contributed by atoms with E-state index in [1.807, 2.05) is 6.92 Å². The Bertz CT molecular complexity index is 473. The van der Waals surface area contributed by atoms with E-state index < -0.39 is 15.3 Å². The van der Waals surface area contributed by atoms with Crippen molar-refractivity contribution in [2.75, 3.05) is 4.72 Å². The number of sulfonamides is 1. The molecule has 0 saturated carbocycles. The monoisotopic (exact) mass is 246 g/mol. The summed E-state index contributed by atoms with van der Waals surface area (Å²) in [5.41, 5.74) is 0. The summed E-state index contributed by atoms with van der Waals surface area (Å²) in [5, 5.41) is 15.8. The Balaban J connectivity index is 2.83. The fourth-order valence-corrected chi connectivity index (χ4v) is 2.36. The van der Waals surface area contributed by atoms with E-state index in [2.05, 4.69) is 14.9 Å². The van der Waals surface area contributed by atoms with E-state index in [0.29, 0.717) is 6.42 Å². The minimum Gasteiger partial charge on any atom is -0.256 e. The van der Waals surface area contributed by atoms with Crippen LogP contribution in [-0.2, 0) is 16.4 Å². The maximum Gasteiger partial charge on any atom is 0.250 e. The van der Waals surface area contributed by atoms with Gasteiger partial charge >= 0.3 is 0 Å². The van der Waals surface area contributed by atoms with Gasteiger partial charge in [-0.3, -0.25) is 4.72 Å². The van der Waals surface area contributed by atoms with Crippen LogP contribution in [0.3, 0.4) is 0 Å². The Morgan fingerprint density at radius 1 is 1.60 bits per heavy atom. The van der Waals surface area contributed by atoms with Crippen molar-refractivity contribution in [3.05, 3.63) is 5.01 Å². The van der Waals surface area contributed by atoms with Crippen LogP contribution in [0, 0.1) is 11.3 Å². The largest absolute Gasteiger partial charge is 0.256 e. The summed E-state index contributed by atoms with van der Waals surface area (Å²) in [5.74, 6) is 0. The van der Waals surface area contributed by atoms with Crippen molar-refractivity contribution < 1.29 is 8.42 Å². The SMILES string of the molecule is CCc1nnc(NS(=O)(=O)C(C)C#N)s1. The topological polar surface area (TPSA) is 95.7 Å². The van der Waals surface area contributed by atoms with E-state index in [9.17, 15) is 8.42 Å². The molecule has 0 bridgehead atoms. The normalized spacial score (nSPS) is 13.1. The van der Waals surface area contributed by atoms with E-state index in [0.717, 1.165) is 5.01 Å². The molecule has 0 radical (unpaired) electrons. The van der Waals surface area contributed by atoms with Crippen LogP contribution in [0.2, 0.25) is 0 Å². The molecule has 82 valence electrons. The van der Waals surface area contributed by atoms with Crippen LogP contribution < -0.4 is 4.72 Å². The standard InChI is InChI=1S/C7H10N4O2S2/c1-3-6-9-10-7(14-6)11-15(12,13)5(2)4-8/h5H,3H2,1-2H3,(H,10,11). The van der Waals surface area contributed by atoms with Gasteiger partial charge in [0.2, 0.25) is 5.13 Å². The third kappa shape index (κ3) is 2.87. The average Bonchev–Trinajstić information content (AvgIpc) is 2.63. The van der Waals surface area contributed by atoms with Crippen molar-refractivity contribution in [3.63, 3.8) is 0 Å². The molecule has 0 aromatic carbocycles. The molecule has 0 fully saturated rings. The zero-order valence-corrected chi connectivity index (χ0v) is 9.89. The number of rotatable bonds is 4. The van der Waals surface area contributed by atoms with Gasteiger partial charge in [0.1, 0.15) is 5.01 Å². The first kappa shape index (κ1) is 11.9. The first-order chi connectivity index (χ1) is 6.99. The van der Waals surface area contributed by atoms with Gasteiger partial charge in [-0.1, -0.05) is 18.3 Å². The van der Waals surface area contributed by atoms with Gasteiger partial charge in [-0.15, -0.1) is 10.2 Å². The van der Waals surface area contributed by atoms with Gasteiger partial charge in [0.25, 0.3) is 10.0 Å². The van der Waals surface area contributed by atoms with Gasteiger partial charge in [-0.05, 0) is 13.3 Å². The molecule has 0 saturated heterocycles. The molecule has 8 heteroatoms. The average molecular weight is 246 g/mol. The van der Waals surface area contributed by atoms with Crippen LogP contribution in [0.4, 0.5) is 5.13 Å². The van der Waals surface area contributed by atoms with Crippen molar-refractivity contribution in [1.82, 2.24) is 10.2 Å². The van der Waals surface area contributed by atoms with Gasteiger partial charge in [0, 0.05) is 0 Å². The minimum absolute atomic E-state index is 0.203. The van der Waals surface area contributed by atoms with Gasteiger partial charge in [-0.2, -0.15) is 5.26 Å². The fourth-order valence-electron chi connectivity index (χ4n) is 0.717. The van der Waals surface area contributed by atoms with Crippen molar-refractivity contribution in [1.29, 1.82) is 5.26 Å². The molecule has 0 spiro atoms. The van der Waals surface area contributed by atoms with E-state index in [4.69, 9.17) is 5.26 Å². The molecule has 1 aromatic heterocycles. The number of aromatic nitrogens is 2. The lowest BCUT2D eigenvalue weighted by Crippen LogP contribution is -2.23. The van der Waals surface area contributed by atoms with E-state index in [1.165, 1.54) is 18.3 Å². The second kappa shape index (κ2) is 4.55. The highest BCUT2D eigenvalue weighted by molar-refractivity contribution is 7.93. The van der Waals surface area contributed by atoms with Gasteiger partial charge in [0.05, 0.1) is 6.07 Å². The highest BCUT2D eigenvalue weighted by Crippen LogP contribution is 2.17. The van der Waals surface area contributed by atoms with Crippen LogP contribution in [0.5, 0.6) is 0 Å². The van der Waals surface area contributed by atoms with Crippen LogP contribution in [0.15, 0.2) is 0 Å². The number of nitrogens with one attached hydrogen (secondary N) is 1. The smallest absolute Gasteiger partial charge is 0.250 e. The first-order valence-corrected chi connectivity index (χ1v) is 6.59. The summed E-state index contributed by atoms with van der Waals surface area (Å²) in [4.78, 5) is 0. The summed E-state index contributed by atoms with van der Waals surface area (Å²) in [6.07, 6.45) is 0.702. The predicted octanol–water partition coefficient (Wildman–Crippen LogP) is 0.754. The van der Waals surface area contributed by atoms with Crippen LogP contribution in [0.25, 0.3) is 0 Å². The van der Waals surface area contributed by atoms with E-state index >= 15 is 0 Å². The number of nitriles is 1. The molecule has 1 aromatic rings. The quantitative estimate of drug-likeness (QED) is 0.845. The molecule has 6 nitrogen and oxygen atoms in total. The lowest BCUT2D eigenvalue weighted by atomic mass is 10.5. The third-order valence-corrected chi connectivity index (χ3v) is 4.27. The van der Waals surface area contributed by atoms with Crippen molar-refractivity contribution >= 4 is 26.5 Å². The summed E-state index contributed by atoms with van der Waals surface area (Å²) in [6, 6.07) is 1.65. The minimum atomic E-state index is -3.66. The number of nitrogens with zero attached hydrogens (tertiary/aromatic N) is 3. The summed E-state index contributed by atoms with van der Waals surface area (Å²) in [6.45, 7) is 3.21. The molecule has 15 heavy (non-hydrogen) atoms. The number of anilines is 1. The molecule has 0 aliphatic carbocycles. The fraction of sp³-hybridized carbons (Fsp3) is 0.571. The van der Waals surface area contributed by atoms with E-state index in [-0.39, 0.29) is 5.13 Å². The maximum atomic E-state index is 11.4. The molecular formula is C7H10N4O2S2. The summed E-state index contributed by atoms with van der Waals surface area (Å²) in [7, 11) is -3.66. The third-order valence-electron chi connectivity index (χ3n) is 1.65. The van der Waals surface area contributed by atoms with E-state index in [1.54, 1.807) is 6.07 Å². The van der Waals surface area contributed by atoms with Crippen LogP contribution in [-0.4, -0.2) is 23.9 Å². The molecular weight excluding hydrogens is 236 g/mol. The Morgan fingerprint density at radius 2 is 2.27 bits per heavy atom. The second-order valence-corrected chi connectivity index (χ2v) is 5.84. The Hall–Kier alpha value is -1.20. The Labute approximate surface area is 92.0 Å². The highest BCUT2D eigenvalue weighted by Gasteiger charge is 2.21. The van der Waals surface area contributed by atoms with Crippen LogP contribution >= 0.6 is 11.3 Å². The molecule has 1 unspecified atom stereocenters. The highest BCUT2D eigenvalue weighted by atomic mass is 32.2. The zero-order valence-electron chi connectivity index (χ0n) is 8.26. The van der Waals surface area contributed by atoms with Gasteiger partial charge in [-0.25, -0.2) is 8.42 Å². The van der Waals surface area contributed by atoms with Crippen molar-refractivity contribution in [3.8, 4) is 6.07 Å². The van der Waals surface area contributed by atoms with Crippen LogP contribution in [0.1, 0.15) is 18.9 Å².